The number of carbonyl (C=O) groups excluding carboxylic acids is 1. The number of terminal acetylenes is 1. The largest absolute Gasteiger partial charge is 0.416 e. The summed E-state index contributed by atoms with van der Waals surface area (Å²) in [5.41, 5.74) is 0.0460. The van der Waals surface area contributed by atoms with Gasteiger partial charge in [-0.25, -0.2) is 0 Å². The van der Waals surface area contributed by atoms with Crippen LogP contribution in [0.3, 0.4) is 0 Å². The minimum Gasteiger partial charge on any atom is -0.341 e. The van der Waals surface area contributed by atoms with Crippen molar-refractivity contribution in [1.29, 1.82) is 0 Å². The maximum absolute atomic E-state index is 12.9. The number of amides is 1. The molecule has 0 bridgehead atoms. The molecule has 1 saturated heterocycles. The van der Waals surface area contributed by atoms with Gasteiger partial charge in [0.05, 0.1) is 5.56 Å². The highest BCUT2D eigenvalue weighted by molar-refractivity contribution is 6.27. The molecule has 1 heterocycles. The van der Waals surface area contributed by atoms with Crippen molar-refractivity contribution in [1.82, 2.24) is 4.90 Å². The summed E-state index contributed by atoms with van der Waals surface area (Å²) in [5, 5.41) is 0. The summed E-state index contributed by atoms with van der Waals surface area (Å²) in [6.45, 7) is 1.17. The number of hydrogen-bond acceptors (Lipinski definition) is 1. The van der Waals surface area contributed by atoms with Crippen LogP contribution in [0.25, 0.3) is 0 Å². The summed E-state index contributed by atoms with van der Waals surface area (Å²) >= 11 is 5.57. The number of benzene rings is 1. The van der Waals surface area contributed by atoms with E-state index in [-0.39, 0.29) is 23.3 Å². The number of alkyl halides is 4. The van der Waals surface area contributed by atoms with Gasteiger partial charge in [-0.2, -0.15) is 13.2 Å². The van der Waals surface area contributed by atoms with Gasteiger partial charge in [0.1, 0.15) is 5.88 Å². The second kappa shape index (κ2) is 7.27. The average Bonchev–Trinajstić information content (AvgIpc) is 2.53. The Morgan fingerprint density at radius 3 is 2.74 bits per heavy atom. The van der Waals surface area contributed by atoms with Crippen molar-refractivity contribution in [2.24, 2.45) is 5.92 Å². The maximum atomic E-state index is 12.9. The van der Waals surface area contributed by atoms with E-state index in [4.69, 9.17) is 18.0 Å². The van der Waals surface area contributed by atoms with Crippen LogP contribution in [0.4, 0.5) is 13.2 Å². The molecule has 1 aliphatic rings. The monoisotopic (exact) mass is 343 g/mol. The van der Waals surface area contributed by atoms with Crippen LogP contribution in [0.2, 0.25) is 0 Å². The Hall–Kier alpha value is -1.67. The molecule has 0 radical (unpaired) electrons. The van der Waals surface area contributed by atoms with E-state index in [1.54, 1.807) is 11.0 Å². The minimum atomic E-state index is -4.42. The number of rotatable bonds is 3. The van der Waals surface area contributed by atoms with Crippen LogP contribution < -0.4 is 0 Å². The third-order valence-corrected chi connectivity index (χ3v) is 4.23. The Morgan fingerprint density at radius 1 is 1.39 bits per heavy atom. The van der Waals surface area contributed by atoms with Crippen molar-refractivity contribution in [3.8, 4) is 12.3 Å². The summed E-state index contributed by atoms with van der Waals surface area (Å²) in [5.74, 6) is 2.18. The molecule has 0 saturated carbocycles. The molecule has 2 nitrogen and oxygen atoms in total. The van der Waals surface area contributed by atoms with E-state index in [0.29, 0.717) is 25.1 Å². The first kappa shape index (κ1) is 17.7. The summed E-state index contributed by atoms with van der Waals surface area (Å²) in [7, 11) is 0. The maximum Gasteiger partial charge on any atom is 0.416 e. The van der Waals surface area contributed by atoms with E-state index in [9.17, 15) is 18.0 Å². The lowest BCUT2D eigenvalue weighted by molar-refractivity contribution is -0.137. The first-order valence-electron chi connectivity index (χ1n) is 7.35. The first-order chi connectivity index (χ1) is 10.8. The lowest BCUT2D eigenvalue weighted by Gasteiger charge is -2.32. The van der Waals surface area contributed by atoms with Crippen molar-refractivity contribution in [2.45, 2.75) is 25.4 Å². The fraction of sp³-hybridized carbons (Fsp3) is 0.471. The van der Waals surface area contributed by atoms with Crippen LogP contribution in [0.1, 0.15) is 29.5 Å². The SMILES string of the molecule is C#Cc1cc(C[C@@H]2CCCN(C(=O)CCl)C2)cc(C(F)(F)F)c1. The van der Waals surface area contributed by atoms with E-state index in [1.165, 1.54) is 0 Å². The zero-order valence-corrected chi connectivity index (χ0v) is 13.3. The lowest BCUT2D eigenvalue weighted by Crippen LogP contribution is -2.41. The van der Waals surface area contributed by atoms with Crippen LogP contribution in [0.15, 0.2) is 18.2 Å². The Balaban J connectivity index is 2.16. The highest BCUT2D eigenvalue weighted by Crippen LogP contribution is 2.31. The number of carbonyl (C=O) groups is 1. The van der Waals surface area contributed by atoms with Gasteiger partial charge in [0.25, 0.3) is 0 Å². The number of nitrogens with zero attached hydrogens (tertiary/aromatic N) is 1. The Labute approximate surface area is 138 Å². The molecule has 6 heteroatoms. The van der Waals surface area contributed by atoms with Gasteiger partial charge < -0.3 is 4.90 Å². The minimum absolute atomic E-state index is 0.0719. The summed E-state index contributed by atoms with van der Waals surface area (Å²) in [6.07, 6.45) is 3.00. The summed E-state index contributed by atoms with van der Waals surface area (Å²) in [6, 6.07) is 3.73. The number of piperidine rings is 1. The smallest absolute Gasteiger partial charge is 0.341 e. The Bertz CT molecular complexity index is 621. The lowest BCUT2D eigenvalue weighted by atomic mass is 9.90. The number of hydrogen-bond donors (Lipinski definition) is 0. The van der Waals surface area contributed by atoms with Gasteiger partial charge in [0.15, 0.2) is 0 Å². The Morgan fingerprint density at radius 2 is 2.13 bits per heavy atom. The summed E-state index contributed by atoms with van der Waals surface area (Å²) in [4.78, 5) is 13.3. The number of likely N-dealkylation sites (tertiary alicyclic amines) is 1. The van der Waals surface area contributed by atoms with Gasteiger partial charge in [-0.15, -0.1) is 18.0 Å². The summed E-state index contributed by atoms with van der Waals surface area (Å²) < 4.78 is 38.8. The van der Waals surface area contributed by atoms with Crippen LogP contribution in [0.5, 0.6) is 0 Å². The van der Waals surface area contributed by atoms with Crippen molar-refractivity contribution >= 4 is 17.5 Å². The van der Waals surface area contributed by atoms with E-state index in [1.807, 2.05) is 0 Å². The molecule has 1 aliphatic heterocycles. The van der Waals surface area contributed by atoms with Crippen molar-refractivity contribution in [2.75, 3.05) is 19.0 Å². The second-order valence-electron chi connectivity index (χ2n) is 5.75. The molecular formula is C17H17ClF3NO. The third kappa shape index (κ3) is 4.65. The molecule has 1 amide bonds. The molecule has 0 aromatic heterocycles. The van der Waals surface area contributed by atoms with Gasteiger partial charge >= 0.3 is 6.18 Å². The fourth-order valence-electron chi connectivity index (χ4n) is 2.93. The quantitative estimate of drug-likeness (QED) is 0.605. The second-order valence-corrected chi connectivity index (χ2v) is 6.01. The molecule has 124 valence electrons. The van der Waals surface area contributed by atoms with Crippen LogP contribution >= 0.6 is 11.6 Å². The molecular weight excluding hydrogens is 327 g/mol. The molecule has 1 fully saturated rings. The van der Waals surface area contributed by atoms with E-state index >= 15 is 0 Å². The molecule has 0 aliphatic carbocycles. The highest BCUT2D eigenvalue weighted by Gasteiger charge is 2.31. The molecule has 1 atom stereocenters. The van der Waals surface area contributed by atoms with Gasteiger partial charge in [-0.05, 0) is 48.9 Å². The molecule has 0 spiro atoms. The average molecular weight is 344 g/mol. The normalized spacial score (nSPS) is 18.6. The van der Waals surface area contributed by atoms with Gasteiger partial charge in [-0.3, -0.25) is 4.79 Å². The highest BCUT2D eigenvalue weighted by atomic mass is 35.5. The molecule has 23 heavy (non-hydrogen) atoms. The zero-order chi connectivity index (χ0) is 17.0. The van der Waals surface area contributed by atoms with E-state index < -0.39 is 11.7 Å². The van der Waals surface area contributed by atoms with Crippen LogP contribution in [-0.4, -0.2) is 29.8 Å². The zero-order valence-electron chi connectivity index (χ0n) is 12.5. The van der Waals surface area contributed by atoms with E-state index in [2.05, 4.69) is 5.92 Å². The molecule has 0 unspecified atom stereocenters. The standard InChI is InChI=1S/C17H17ClF3NO/c1-2-12-6-14(9-15(8-12)17(19,20)21)7-13-4-3-5-22(11-13)16(23)10-18/h1,6,8-9,13H,3-5,7,10-11H2/t13-/m0/s1. The van der Waals surface area contributed by atoms with Crippen molar-refractivity contribution in [3.05, 3.63) is 34.9 Å². The fourth-order valence-corrected chi connectivity index (χ4v) is 3.10. The molecule has 2 rings (SSSR count). The van der Waals surface area contributed by atoms with Gasteiger partial charge in [-0.1, -0.05) is 5.92 Å². The van der Waals surface area contributed by atoms with Crippen molar-refractivity contribution in [3.63, 3.8) is 0 Å². The van der Waals surface area contributed by atoms with Gasteiger partial charge in [0.2, 0.25) is 5.91 Å². The Kier molecular flexibility index (Phi) is 5.59. The van der Waals surface area contributed by atoms with Crippen LogP contribution in [-0.2, 0) is 17.4 Å². The van der Waals surface area contributed by atoms with Crippen molar-refractivity contribution < 1.29 is 18.0 Å². The van der Waals surface area contributed by atoms with Gasteiger partial charge in [0, 0.05) is 18.7 Å². The first-order valence-corrected chi connectivity index (χ1v) is 7.88. The third-order valence-electron chi connectivity index (χ3n) is 4.00. The predicted octanol–water partition coefficient (Wildman–Crippen LogP) is 3.71. The predicted molar refractivity (Wildman–Crippen MR) is 83.1 cm³/mol. The molecule has 1 aromatic carbocycles. The van der Waals surface area contributed by atoms with E-state index in [0.717, 1.165) is 25.0 Å². The topological polar surface area (TPSA) is 20.3 Å². The molecule has 0 N–H and O–H groups in total. The molecule has 1 aromatic rings. The number of halogens is 4. The van der Waals surface area contributed by atoms with Crippen LogP contribution in [0, 0.1) is 18.3 Å².